The molecule has 0 saturated heterocycles. The average molecular weight is 282 g/mol. The minimum Gasteiger partial charge on any atom is -0.340 e. The van der Waals surface area contributed by atoms with E-state index in [2.05, 4.69) is 4.74 Å². The van der Waals surface area contributed by atoms with Crippen molar-refractivity contribution in [1.29, 1.82) is 0 Å². The Morgan fingerprint density at radius 2 is 1.12 bits per heavy atom. The molecule has 0 aromatic heterocycles. The molecule has 0 aromatic carbocycles. The minimum atomic E-state index is -7.01. The number of hydrogen-bond acceptors (Lipinski definition) is 1. The summed E-state index contributed by atoms with van der Waals surface area (Å²) < 4.78 is 123. The van der Waals surface area contributed by atoms with E-state index in [1.807, 2.05) is 0 Å². The molecule has 104 valence electrons. The van der Waals surface area contributed by atoms with Gasteiger partial charge in [-0.1, -0.05) is 0 Å². The highest BCUT2D eigenvalue weighted by molar-refractivity contribution is 5.02. The third kappa shape index (κ3) is 2.16. The van der Waals surface area contributed by atoms with E-state index in [0.29, 0.717) is 0 Å². The quantitative estimate of drug-likeness (QED) is 0.718. The first-order chi connectivity index (χ1) is 7.25. The summed E-state index contributed by atoms with van der Waals surface area (Å²) in [6, 6.07) is 0. The summed E-state index contributed by atoms with van der Waals surface area (Å²) in [5, 5.41) is 0. The third-order valence-corrected chi connectivity index (χ3v) is 1.76. The Morgan fingerprint density at radius 3 is 1.29 bits per heavy atom. The summed E-state index contributed by atoms with van der Waals surface area (Å²) in [5.74, 6) is -19.6. The molecule has 0 amide bonds. The number of ether oxygens (including phenoxy) is 1. The molecule has 0 aromatic rings. The van der Waals surface area contributed by atoms with Crippen LogP contribution in [0.25, 0.3) is 0 Å². The van der Waals surface area contributed by atoms with Crippen molar-refractivity contribution in [2.75, 3.05) is 7.11 Å². The molecule has 1 atom stereocenters. The summed E-state index contributed by atoms with van der Waals surface area (Å²) in [5.41, 5.74) is 0. The Labute approximate surface area is 87.3 Å². The van der Waals surface area contributed by atoms with Crippen LogP contribution in [0.3, 0.4) is 0 Å². The molecule has 17 heavy (non-hydrogen) atoms. The van der Waals surface area contributed by atoms with Crippen LogP contribution in [-0.4, -0.2) is 37.4 Å². The van der Waals surface area contributed by atoms with Crippen molar-refractivity contribution >= 4 is 0 Å². The van der Waals surface area contributed by atoms with Gasteiger partial charge in [0, 0.05) is 7.11 Å². The lowest BCUT2D eigenvalue weighted by Crippen LogP contribution is -2.65. The van der Waals surface area contributed by atoms with Crippen LogP contribution in [0, 0.1) is 0 Å². The predicted octanol–water partition coefficient (Wildman–Crippen LogP) is 3.40. The Balaban J connectivity index is 5.69. The van der Waals surface area contributed by atoms with E-state index in [1.165, 1.54) is 0 Å². The number of methoxy groups -OCH3 is 1. The lowest BCUT2D eigenvalue weighted by molar-refractivity contribution is -0.426. The topological polar surface area (TPSA) is 9.23 Å². The van der Waals surface area contributed by atoms with Crippen LogP contribution in [0.1, 0.15) is 0 Å². The highest BCUT2D eigenvalue weighted by atomic mass is 19.4. The number of hydrogen-bond donors (Lipinski definition) is 0. The molecule has 0 N–H and O–H groups in total. The van der Waals surface area contributed by atoms with Crippen molar-refractivity contribution in [3.63, 3.8) is 0 Å². The molecule has 0 aliphatic carbocycles. The van der Waals surface area contributed by atoms with Crippen LogP contribution in [0.2, 0.25) is 0 Å². The van der Waals surface area contributed by atoms with Gasteiger partial charge in [-0.2, -0.15) is 35.1 Å². The van der Waals surface area contributed by atoms with E-state index in [1.54, 1.807) is 0 Å². The number of alkyl halides is 10. The van der Waals surface area contributed by atoms with Crippen LogP contribution in [0.15, 0.2) is 0 Å². The molecule has 0 rings (SSSR count). The number of rotatable bonds is 4. The van der Waals surface area contributed by atoms with E-state index in [9.17, 15) is 43.9 Å². The molecular formula is C6H4F10O. The molecule has 0 fully saturated rings. The molecule has 11 heteroatoms. The first-order valence-corrected chi connectivity index (χ1v) is 3.60. The highest BCUT2D eigenvalue weighted by Gasteiger charge is 2.83. The van der Waals surface area contributed by atoms with Crippen molar-refractivity contribution in [2.24, 2.45) is 0 Å². The average Bonchev–Trinajstić information content (AvgIpc) is 2.13. The van der Waals surface area contributed by atoms with Gasteiger partial charge in [-0.25, -0.2) is 8.78 Å². The molecule has 0 saturated carbocycles. The lowest BCUT2D eigenvalue weighted by Gasteiger charge is -2.36. The van der Waals surface area contributed by atoms with Gasteiger partial charge in [0.2, 0.25) is 0 Å². The fourth-order valence-corrected chi connectivity index (χ4v) is 0.746. The van der Waals surface area contributed by atoms with Gasteiger partial charge in [0.1, 0.15) is 0 Å². The molecule has 0 radical (unpaired) electrons. The minimum absolute atomic E-state index is 0.188. The summed E-state index contributed by atoms with van der Waals surface area (Å²) >= 11 is 0. The van der Waals surface area contributed by atoms with Gasteiger partial charge in [0.25, 0.3) is 0 Å². The maximum Gasteiger partial charge on any atom is 0.460 e. The molecule has 1 unspecified atom stereocenters. The zero-order valence-corrected chi connectivity index (χ0v) is 7.77. The van der Waals surface area contributed by atoms with Gasteiger partial charge < -0.3 is 4.74 Å². The second-order valence-corrected chi connectivity index (χ2v) is 2.80. The van der Waals surface area contributed by atoms with Crippen LogP contribution < -0.4 is 0 Å². The molecule has 0 spiro atoms. The molecule has 0 heterocycles. The summed E-state index contributed by atoms with van der Waals surface area (Å²) in [6.45, 7) is 0. The van der Waals surface area contributed by atoms with Gasteiger partial charge in [-0.3, -0.25) is 0 Å². The molecule has 1 nitrogen and oxygen atoms in total. The van der Waals surface area contributed by atoms with E-state index in [-0.39, 0.29) is 7.11 Å². The predicted molar refractivity (Wildman–Crippen MR) is 32.8 cm³/mol. The zero-order valence-electron chi connectivity index (χ0n) is 7.77. The van der Waals surface area contributed by atoms with E-state index in [4.69, 9.17) is 0 Å². The molecule has 0 bridgehead atoms. The van der Waals surface area contributed by atoms with Crippen molar-refractivity contribution in [1.82, 2.24) is 0 Å². The standard InChI is InChI=1S/C6H4F10O/c1-17-3(9,2(7)8)4(10,11)5(12,13)6(14,15)16/h2H,1H3. The van der Waals surface area contributed by atoms with Gasteiger partial charge >= 0.3 is 30.3 Å². The highest BCUT2D eigenvalue weighted by Crippen LogP contribution is 2.54. The maximum atomic E-state index is 12.7. The first-order valence-electron chi connectivity index (χ1n) is 3.60. The van der Waals surface area contributed by atoms with Crippen LogP contribution >= 0.6 is 0 Å². The first kappa shape index (κ1) is 16.3. The summed E-state index contributed by atoms with van der Waals surface area (Å²) in [7, 11) is -0.188. The van der Waals surface area contributed by atoms with Gasteiger partial charge in [0.15, 0.2) is 0 Å². The second kappa shape index (κ2) is 4.18. The van der Waals surface area contributed by atoms with E-state index < -0.39 is 30.3 Å². The van der Waals surface area contributed by atoms with Gasteiger partial charge in [-0.05, 0) is 0 Å². The van der Waals surface area contributed by atoms with Crippen LogP contribution in [0.4, 0.5) is 43.9 Å². The van der Waals surface area contributed by atoms with Crippen LogP contribution in [-0.2, 0) is 4.74 Å². The summed E-state index contributed by atoms with van der Waals surface area (Å²) in [4.78, 5) is 0. The lowest BCUT2D eigenvalue weighted by atomic mass is 10.0. The van der Waals surface area contributed by atoms with Crippen molar-refractivity contribution < 1.29 is 48.6 Å². The Morgan fingerprint density at radius 1 is 0.765 bits per heavy atom. The van der Waals surface area contributed by atoms with Crippen molar-refractivity contribution in [3.8, 4) is 0 Å². The van der Waals surface area contributed by atoms with E-state index >= 15 is 0 Å². The van der Waals surface area contributed by atoms with Crippen molar-refractivity contribution in [2.45, 2.75) is 30.3 Å². The maximum absolute atomic E-state index is 12.7. The molecule has 0 aliphatic heterocycles. The van der Waals surface area contributed by atoms with Crippen LogP contribution in [0.5, 0.6) is 0 Å². The zero-order chi connectivity index (χ0) is 14.3. The summed E-state index contributed by atoms with van der Waals surface area (Å²) in [6.07, 6.45) is -11.8. The Hall–Kier alpha value is -0.740. The SMILES string of the molecule is COC(F)(C(F)F)C(F)(F)C(F)(F)C(F)(F)F. The Kier molecular flexibility index (Phi) is 3.99. The van der Waals surface area contributed by atoms with Gasteiger partial charge in [-0.15, -0.1) is 0 Å². The smallest absolute Gasteiger partial charge is 0.340 e. The fourth-order valence-electron chi connectivity index (χ4n) is 0.746. The largest absolute Gasteiger partial charge is 0.460 e. The number of halogens is 10. The molecular weight excluding hydrogens is 278 g/mol. The fraction of sp³-hybridized carbons (Fsp3) is 1.00. The monoisotopic (exact) mass is 282 g/mol. The normalized spacial score (nSPS) is 18.4. The van der Waals surface area contributed by atoms with Crippen molar-refractivity contribution in [3.05, 3.63) is 0 Å². The molecule has 0 aliphatic rings. The van der Waals surface area contributed by atoms with Gasteiger partial charge in [0.05, 0.1) is 0 Å². The van der Waals surface area contributed by atoms with E-state index in [0.717, 1.165) is 0 Å². The third-order valence-electron chi connectivity index (χ3n) is 1.76. The Bertz CT molecular complexity index is 264. The second-order valence-electron chi connectivity index (χ2n) is 2.80.